The van der Waals surface area contributed by atoms with E-state index in [9.17, 15) is 0 Å². The van der Waals surface area contributed by atoms with Crippen molar-refractivity contribution in [2.75, 3.05) is 6.61 Å². The maximum Gasteiger partial charge on any atom is 0.0873 e. The van der Waals surface area contributed by atoms with Gasteiger partial charge in [-0.05, 0) is 25.3 Å². The number of hydrogen-bond donors (Lipinski definition) is 0. The van der Waals surface area contributed by atoms with Crippen LogP contribution >= 0.6 is 0 Å². The smallest absolute Gasteiger partial charge is 0.0873 e. The molecule has 0 radical (unpaired) electrons. The predicted octanol–water partition coefficient (Wildman–Crippen LogP) is 6.63. The van der Waals surface area contributed by atoms with E-state index in [1.54, 1.807) is 0 Å². The average Bonchev–Trinajstić information content (AvgIpc) is 2.43. The third kappa shape index (κ3) is 17.5. The summed E-state index contributed by atoms with van der Waals surface area (Å²) in [5.41, 5.74) is 0. The highest BCUT2D eigenvalue weighted by Crippen LogP contribution is 2.07. The van der Waals surface area contributed by atoms with Gasteiger partial charge in [0, 0.05) is 0 Å². The van der Waals surface area contributed by atoms with E-state index in [2.05, 4.69) is 19.9 Å². The van der Waals surface area contributed by atoms with Gasteiger partial charge in [-0.1, -0.05) is 78.1 Å². The van der Waals surface area contributed by atoms with Crippen LogP contribution in [0.3, 0.4) is 0 Å². The van der Waals surface area contributed by atoms with Crippen molar-refractivity contribution in [3.63, 3.8) is 0 Å². The molecule has 0 N–H and O–H groups in total. The van der Waals surface area contributed by atoms with Gasteiger partial charge in [-0.3, -0.25) is 0 Å². The van der Waals surface area contributed by atoms with Crippen molar-refractivity contribution in [3.8, 4) is 0 Å². The molecule has 0 saturated carbocycles. The minimum atomic E-state index is 0.903. The van der Waals surface area contributed by atoms with Crippen LogP contribution in [0.1, 0.15) is 97.3 Å². The SMILES string of the molecule is CCCCCCC/C=C/OCCCCCCCCC. The van der Waals surface area contributed by atoms with Crippen molar-refractivity contribution in [3.05, 3.63) is 12.3 Å². The molecule has 0 aliphatic heterocycles. The van der Waals surface area contributed by atoms with Gasteiger partial charge in [-0.25, -0.2) is 0 Å². The van der Waals surface area contributed by atoms with Crippen molar-refractivity contribution in [1.82, 2.24) is 0 Å². The van der Waals surface area contributed by atoms with Crippen LogP contribution in [-0.4, -0.2) is 6.61 Å². The van der Waals surface area contributed by atoms with Gasteiger partial charge >= 0.3 is 0 Å². The Kier molecular flexibility index (Phi) is 17.1. The molecule has 0 fully saturated rings. The number of unbranched alkanes of at least 4 members (excludes halogenated alkanes) is 11. The Morgan fingerprint density at radius 3 is 1.79 bits per heavy atom. The highest BCUT2D eigenvalue weighted by atomic mass is 16.5. The molecule has 0 rings (SSSR count). The first-order chi connectivity index (χ1) is 9.41. The standard InChI is InChI=1S/C18H36O/c1-3-5-7-9-11-13-15-17-19-18-16-14-12-10-8-6-4-2/h15,17H,3-14,16,18H2,1-2H3/b17-15+. The van der Waals surface area contributed by atoms with Gasteiger partial charge < -0.3 is 4.74 Å². The zero-order valence-corrected chi connectivity index (χ0v) is 13.5. The first-order valence-corrected chi connectivity index (χ1v) is 8.68. The zero-order valence-electron chi connectivity index (χ0n) is 13.5. The molecule has 0 bridgehead atoms. The molecule has 0 unspecified atom stereocenters. The molecular formula is C18H36O. The number of rotatable bonds is 15. The molecule has 0 atom stereocenters. The quantitative estimate of drug-likeness (QED) is 0.239. The molecule has 0 saturated heterocycles. The highest BCUT2D eigenvalue weighted by Gasteiger charge is 1.90. The molecule has 0 amide bonds. The average molecular weight is 268 g/mol. The minimum absolute atomic E-state index is 0.903. The van der Waals surface area contributed by atoms with E-state index in [1.807, 2.05) is 6.26 Å². The summed E-state index contributed by atoms with van der Waals surface area (Å²) in [5.74, 6) is 0. The van der Waals surface area contributed by atoms with Crippen molar-refractivity contribution < 1.29 is 4.74 Å². The lowest BCUT2D eigenvalue weighted by Gasteiger charge is -2.01. The summed E-state index contributed by atoms with van der Waals surface area (Å²) in [5, 5.41) is 0. The normalized spacial score (nSPS) is 11.3. The van der Waals surface area contributed by atoms with Gasteiger partial charge in [-0.15, -0.1) is 0 Å². The lowest BCUT2D eigenvalue weighted by molar-refractivity contribution is 0.239. The van der Waals surface area contributed by atoms with E-state index in [4.69, 9.17) is 4.74 Å². The van der Waals surface area contributed by atoms with Crippen molar-refractivity contribution in [1.29, 1.82) is 0 Å². The highest BCUT2D eigenvalue weighted by molar-refractivity contribution is 4.73. The Labute approximate surface area is 121 Å². The maximum absolute atomic E-state index is 5.51. The Morgan fingerprint density at radius 1 is 0.632 bits per heavy atom. The van der Waals surface area contributed by atoms with Crippen molar-refractivity contribution in [2.45, 2.75) is 97.3 Å². The minimum Gasteiger partial charge on any atom is -0.502 e. The van der Waals surface area contributed by atoms with E-state index >= 15 is 0 Å². The third-order valence-corrected chi connectivity index (χ3v) is 3.53. The van der Waals surface area contributed by atoms with Gasteiger partial charge in [0.2, 0.25) is 0 Å². The Balaban J connectivity index is 3.00. The van der Waals surface area contributed by atoms with Crippen LogP contribution in [0.2, 0.25) is 0 Å². The van der Waals surface area contributed by atoms with E-state index < -0.39 is 0 Å². The van der Waals surface area contributed by atoms with Crippen LogP contribution in [0, 0.1) is 0 Å². The van der Waals surface area contributed by atoms with Crippen molar-refractivity contribution >= 4 is 0 Å². The van der Waals surface area contributed by atoms with E-state index in [0.717, 1.165) is 6.61 Å². The topological polar surface area (TPSA) is 9.23 Å². The summed E-state index contributed by atoms with van der Waals surface area (Å²) < 4.78 is 5.51. The van der Waals surface area contributed by atoms with E-state index in [0.29, 0.717) is 0 Å². The van der Waals surface area contributed by atoms with E-state index in [-0.39, 0.29) is 0 Å². The summed E-state index contributed by atoms with van der Waals surface area (Å²) in [6, 6.07) is 0. The van der Waals surface area contributed by atoms with Crippen LogP contribution in [0.5, 0.6) is 0 Å². The predicted molar refractivity (Wildman–Crippen MR) is 86.5 cm³/mol. The zero-order chi connectivity index (χ0) is 14.0. The molecule has 114 valence electrons. The molecular weight excluding hydrogens is 232 g/mol. The maximum atomic E-state index is 5.51. The fourth-order valence-electron chi connectivity index (χ4n) is 2.21. The molecule has 0 aliphatic rings. The summed E-state index contributed by atoms with van der Waals surface area (Å²) in [4.78, 5) is 0. The van der Waals surface area contributed by atoms with E-state index in [1.165, 1.54) is 83.5 Å². The van der Waals surface area contributed by atoms with Gasteiger partial charge in [-0.2, -0.15) is 0 Å². The summed E-state index contributed by atoms with van der Waals surface area (Å²) in [6.45, 7) is 5.43. The lowest BCUT2D eigenvalue weighted by Crippen LogP contribution is -1.88. The second-order valence-electron chi connectivity index (χ2n) is 5.57. The van der Waals surface area contributed by atoms with Gasteiger partial charge in [0.25, 0.3) is 0 Å². The molecule has 0 aliphatic carbocycles. The lowest BCUT2D eigenvalue weighted by atomic mass is 10.1. The molecule has 1 heteroatoms. The number of ether oxygens (including phenoxy) is 1. The Bertz CT molecular complexity index is 175. The molecule has 0 spiro atoms. The number of allylic oxidation sites excluding steroid dienone is 1. The number of hydrogen-bond acceptors (Lipinski definition) is 1. The fourth-order valence-corrected chi connectivity index (χ4v) is 2.21. The molecule has 0 aromatic rings. The van der Waals surface area contributed by atoms with Crippen LogP contribution in [0.15, 0.2) is 12.3 Å². The molecule has 0 aromatic carbocycles. The Morgan fingerprint density at radius 2 is 1.16 bits per heavy atom. The molecule has 0 aromatic heterocycles. The Hall–Kier alpha value is -0.460. The van der Waals surface area contributed by atoms with Crippen LogP contribution in [0.25, 0.3) is 0 Å². The summed E-state index contributed by atoms with van der Waals surface area (Å²) in [7, 11) is 0. The molecule has 19 heavy (non-hydrogen) atoms. The summed E-state index contributed by atoms with van der Waals surface area (Å²) in [6.07, 6.45) is 21.6. The van der Waals surface area contributed by atoms with Crippen LogP contribution < -0.4 is 0 Å². The van der Waals surface area contributed by atoms with Crippen LogP contribution in [0.4, 0.5) is 0 Å². The fraction of sp³-hybridized carbons (Fsp3) is 0.889. The van der Waals surface area contributed by atoms with Gasteiger partial charge in [0.05, 0.1) is 12.9 Å². The third-order valence-electron chi connectivity index (χ3n) is 3.53. The van der Waals surface area contributed by atoms with Crippen LogP contribution in [-0.2, 0) is 4.74 Å². The summed E-state index contributed by atoms with van der Waals surface area (Å²) >= 11 is 0. The monoisotopic (exact) mass is 268 g/mol. The second kappa shape index (κ2) is 17.5. The van der Waals surface area contributed by atoms with Crippen molar-refractivity contribution in [2.24, 2.45) is 0 Å². The molecule has 0 heterocycles. The van der Waals surface area contributed by atoms with Gasteiger partial charge in [0.1, 0.15) is 0 Å². The van der Waals surface area contributed by atoms with Gasteiger partial charge in [0.15, 0.2) is 0 Å². The second-order valence-corrected chi connectivity index (χ2v) is 5.57. The molecule has 1 nitrogen and oxygen atoms in total. The first-order valence-electron chi connectivity index (χ1n) is 8.68. The first kappa shape index (κ1) is 18.5. The largest absolute Gasteiger partial charge is 0.502 e.